The van der Waals surface area contributed by atoms with E-state index in [2.05, 4.69) is 4.72 Å². The van der Waals surface area contributed by atoms with Crippen LogP contribution in [0.3, 0.4) is 0 Å². The number of halogens is 1. The lowest BCUT2D eigenvalue weighted by Crippen LogP contribution is -2.35. The molecule has 1 fully saturated rings. The molecular formula is C18H20FNO4S. The van der Waals surface area contributed by atoms with Gasteiger partial charge in [0.05, 0.1) is 24.7 Å². The van der Waals surface area contributed by atoms with E-state index >= 15 is 0 Å². The van der Waals surface area contributed by atoms with Crippen LogP contribution in [0.25, 0.3) is 0 Å². The second kappa shape index (κ2) is 6.31. The normalized spacial score (nSPS) is 15.7. The average molecular weight is 365 g/mol. The summed E-state index contributed by atoms with van der Waals surface area (Å²) in [5.74, 6) is 0.696. The molecule has 25 heavy (non-hydrogen) atoms. The Labute approximate surface area is 146 Å². The van der Waals surface area contributed by atoms with Gasteiger partial charge < -0.3 is 9.47 Å². The average Bonchev–Trinajstić information content (AvgIpc) is 3.36. The van der Waals surface area contributed by atoms with Gasteiger partial charge in [-0.1, -0.05) is 6.07 Å². The van der Waals surface area contributed by atoms with Crippen LogP contribution in [0.15, 0.2) is 41.3 Å². The van der Waals surface area contributed by atoms with Gasteiger partial charge in [0.1, 0.15) is 5.82 Å². The highest BCUT2D eigenvalue weighted by Crippen LogP contribution is 2.48. The molecule has 0 radical (unpaired) electrons. The zero-order valence-electron chi connectivity index (χ0n) is 14.3. The van der Waals surface area contributed by atoms with Gasteiger partial charge in [-0.3, -0.25) is 0 Å². The van der Waals surface area contributed by atoms with Crippen molar-refractivity contribution >= 4 is 10.0 Å². The summed E-state index contributed by atoms with van der Waals surface area (Å²) in [7, 11) is -0.687. The molecule has 0 unspecified atom stereocenters. The lowest BCUT2D eigenvalue weighted by Gasteiger charge is -2.20. The van der Waals surface area contributed by atoms with E-state index in [1.807, 2.05) is 6.07 Å². The summed E-state index contributed by atoms with van der Waals surface area (Å²) in [5, 5.41) is 0. The smallest absolute Gasteiger partial charge is 0.241 e. The van der Waals surface area contributed by atoms with Crippen molar-refractivity contribution in [3.05, 3.63) is 53.3 Å². The lowest BCUT2D eigenvalue weighted by molar-refractivity contribution is 0.354. The molecule has 1 aliphatic carbocycles. The van der Waals surface area contributed by atoms with E-state index in [0.29, 0.717) is 29.9 Å². The first kappa shape index (κ1) is 17.7. The molecule has 0 aliphatic heterocycles. The van der Waals surface area contributed by atoms with Gasteiger partial charge in [0, 0.05) is 0 Å². The molecule has 1 N–H and O–H groups in total. The fraction of sp³-hybridized carbons (Fsp3) is 0.333. The van der Waals surface area contributed by atoms with Crippen molar-refractivity contribution in [1.29, 1.82) is 0 Å². The zero-order chi connectivity index (χ0) is 18.2. The van der Waals surface area contributed by atoms with Crippen molar-refractivity contribution in [3.63, 3.8) is 0 Å². The van der Waals surface area contributed by atoms with Crippen molar-refractivity contribution in [3.8, 4) is 11.5 Å². The molecule has 2 aromatic carbocycles. The number of hydrogen-bond acceptors (Lipinski definition) is 4. The lowest BCUT2D eigenvalue weighted by atomic mass is 10.1. The standard InChI is InChI=1S/C18H20FNO4S/c1-12-10-14(5-6-15(12)19)25(21,22)20-18(8-9-18)13-4-7-16(23-2)17(11-13)24-3/h4-7,10-11,20H,8-9H2,1-3H3. The number of hydrogen-bond donors (Lipinski definition) is 1. The molecule has 0 aromatic heterocycles. The van der Waals surface area contributed by atoms with Crippen LogP contribution >= 0.6 is 0 Å². The molecule has 0 heterocycles. The van der Waals surface area contributed by atoms with Crippen LogP contribution in [0.5, 0.6) is 11.5 Å². The first-order valence-electron chi connectivity index (χ1n) is 7.84. The SMILES string of the molecule is COc1ccc(C2(NS(=O)(=O)c3ccc(F)c(C)c3)CC2)cc1OC. The van der Waals surface area contributed by atoms with Gasteiger partial charge >= 0.3 is 0 Å². The number of benzene rings is 2. The Kier molecular flexibility index (Phi) is 4.47. The maximum absolute atomic E-state index is 13.4. The van der Waals surface area contributed by atoms with Crippen molar-refractivity contribution in [2.45, 2.75) is 30.2 Å². The third-order valence-corrected chi connectivity index (χ3v) is 5.99. The second-order valence-electron chi connectivity index (χ2n) is 6.17. The molecule has 134 valence electrons. The number of ether oxygens (including phenoxy) is 2. The van der Waals surface area contributed by atoms with Crippen molar-refractivity contribution in [2.24, 2.45) is 0 Å². The number of nitrogens with one attached hydrogen (secondary N) is 1. The topological polar surface area (TPSA) is 64.6 Å². The Hall–Kier alpha value is -2.12. The van der Waals surface area contributed by atoms with E-state index in [-0.39, 0.29) is 4.90 Å². The first-order chi connectivity index (χ1) is 11.8. The van der Waals surface area contributed by atoms with Gasteiger partial charge in [0.25, 0.3) is 0 Å². The van der Waals surface area contributed by atoms with Crippen molar-refractivity contribution in [2.75, 3.05) is 14.2 Å². The highest BCUT2D eigenvalue weighted by molar-refractivity contribution is 7.89. The van der Waals surface area contributed by atoms with E-state index in [1.165, 1.54) is 32.2 Å². The van der Waals surface area contributed by atoms with E-state index in [9.17, 15) is 12.8 Å². The molecule has 0 amide bonds. The molecule has 0 atom stereocenters. The molecule has 7 heteroatoms. The molecule has 2 aromatic rings. The fourth-order valence-corrected chi connectivity index (χ4v) is 4.34. The third-order valence-electron chi connectivity index (χ3n) is 4.46. The number of rotatable bonds is 6. The summed E-state index contributed by atoms with van der Waals surface area (Å²) in [5.41, 5.74) is 0.437. The number of methoxy groups -OCH3 is 2. The van der Waals surface area contributed by atoms with Crippen LogP contribution in [-0.4, -0.2) is 22.6 Å². The quantitative estimate of drug-likeness (QED) is 0.854. The van der Waals surface area contributed by atoms with Gasteiger partial charge in [-0.05, 0) is 61.2 Å². The minimum atomic E-state index is -3.77. The molecule has 3 rings (SSSR count). The summed E-state index contributed by atoms with van der Waals surface area (Å²) in [6.07, 6.45) is 1.36. The summed E-state index contributed by atoms with van der Waals surface area (Å²) >= 11 is 0. The predicted molar refractivity (Wildman–Crippen MR) is 91.9 cm³/mol. The van der Waals surface area contributed by atoms with Crippen LogP contribution in [0.2, 0.25) is 0 Å². The molecule has 1 saturated carbocycles. The zero-order valence-corrected chi connectivity index (χ0v) is 15.1. The van der Waals surface area contributed by atoms with Crippen LogP contribution in [0, 0.1) is 12.7 Å². The Bertz CT molecular complexity index is 907. The third kappa shape index (κ3) is 3.34. The summed E-state index contributed by atoms with van der Waals surface area (Å²) in [6.45, 7) is 1.54. The van der Waals surface area contributed by atoms with Crippen LogP contribution < -0.4 is 14.2 Å². The van der Waals surface area contributed by atoms with E-state index < -0.39 is 21.4 Å². The molecule has 0 bridgehead atoms. The Morgan fingerprint density at radius 3 is 2.28 bits per heavy atom. The Balaban J connectivity index is 1.92. The van der Waals surface area contributed by atoms with E-state index in [0.717, 1.165) is 5.56 Å². The van der Waals surface area contributed by atoms with Crippen LogP contribution in [-0.2, 0) is 15.6 Å². The van der Waals surface area contributed by atoms with Gasteiger partial charge in [-0.15, -0.1) is 0 Å². The highest BCUT2D eigenvalue weighted by atomic mass is 32.2. The van der Waals surface area contributed by atoms with Crippen molar-refractivity contribution in [1.82, 2.24) is 4.72 Å². The minimum absolute atomic E-state index is 0.0538. The van der Waals surface area contributed by atoms with E-state index in [4.69, 9.17) is 9.47 Å². The predicted octanol–water partition coefficient (Wildman–Crippen LogP) is 3.12. The van der Waals surface area contributed by atoms with E-state index in [1.54, 1.807) is 19.2 Å². The van der Waals surface area contributed by atoms with Gasteiger partial charge in [0.2, 0.25) is 10.0 Å². The van der Waals surface area contributed by atoms with Crippen molar-refractivity contribution < 1.29 is 22.3 Å². The Morgan fingerprint density at radius 2 is 1.72 bits per heavy atom. The fourth-order valence-electron chi connectivity index (χ4n) is 2.81. The molecule has 5 nitrogen and oxygen atoms in total. The van der Waals surface area contributed by atoms with Gasteiger partial charge in [-0.25, -0.2) is 17.5 Å². The molecule has 0 spiro atoms. The first-order valence-corrected chi connectivity index (χ1v) is 9.32. The number of aryl methyl sites for hydroxylation is 1. The minimum Gasteiger partial charge on any atom is -0.493 e. The second-order valence-corrected chi connectivity index (χ2v) is 7.85. The molecule has 0 saturated heterocycles. The monoisotopic (exact) mass is 365 g/mol. The Morgan fingerprint density at radius 1 is 1.04 bits per heavy atom. The highest BCUT2D eigenvalue weighted by Gasteiger charge is 2.48. The summed E-state index contributed by atoms with van der Waals surface area (Å²) in [6, 6.07) is 9.14. The molecule has 1 aliphatic rings. The molecular weight excluding hydrogens is 345 g/mol. The number of sulfonamides is 1. The van der Waals surface area contributed by atoms with Crippen LogP contribution in [0.1, 0.15) is 24.0 Å². The summed E-state index contributed by atoms with van der Waals surface area (Å²) in [4.78, 5) is 0.0538. The maximum Gasteiger partial charge on any atom is 0.241 e. The summed E-state index contributed by atoms with van der Waals surface area (Å²) < 4.78 is 52.1. The maximum atomic E-state index is 13.4. The largest absolute Gasteiger partial charge is 0.493 e. The van der Waals surface area contributed by atoms with Gasteiger partial charge in [0.15, 0.2) is 11.5 Å². The van der Waals surface area contributed by atoms with Crippen LogP contribution in [0.4, 0.5) is 4.39 Å². The van der Waals surface area contributed by atoms with Gasteiger partial charge in [-0.2, -0.15) is 0 Å².